The lowest BCUT2D eigenvalue weighted by atomic mass is 10.1. The van der Waals surface area contributed by atoms with Crippen LogP contribution in [-0.4, -0.2) is 31.0 Å². The molecule has 0 fully saturated rings. The van der Waals surface area contributed by atoms with Crippen LogP contribution in [0.4, 0.5) is 5.69 Å². The van der Waals surface area contributed by atoms with Crippen molar-refractivity contribution >= 4 is 11.6 Å². The van der Waals surface area contributed by atoms with Crippen molar-refractivity contribution in [2.24, 2.45) is 0 Å². The Balaban J connectivity index is 2.93. The van der Waals surface area contributed by atoms with Gasteiger partial charge in [0.1, 0.15) is 5.56 Å². The van der Waals surface area contributed by atoms with E-state index < -0.39 is 10.8 Å². The Morgan fingerprint density at radius 3 is 2.71 bits per heavy atom. The fourth-order valence-electron chi connectivity index (χ4n) is 1.48. The lowest BCUT2D eigenvalue weighted by Gasteiger charge is -2.06. The largest absolute Gasteiger partial charge is 0.351 e. The molecule has 6 nitrogen and oxygen atoms in total. The summed E-state index contributed by atoms with van der Waals surface area (Å²) in [5.74, 6) is -0.421. The van der Waals surface area contributed by atoms with Crippen LogP contribution in [-0.2, 0) is 0 Å². The van der Waals surface area contributed by atoms with Gasteiger partial charge in [0.05, 0.1) is 4.92 Å². The predicted octanol–water partition coefficient (Wildman–Crippen LogP) is 0.852. The van der Waals surface area contributed by atoms with Crippen LogP contribution in [0.15, 0.2) is 18.2 Å². The van der Waals surface area contributed by atoms with Gasteiger partial charge in [0, 0.05) is 18.7 Å². The molecule has 0 aliphatic rings. The first-order valence-electron chi connectivity index (χ1n) is 5.24. The molecule has 2 N–H and O–H groups in total. The summed E-state index contributed by atoms with van der Waals surface area (Å²) in [5.41, 5.74) is 0.455. The quantitative estimate of drug-likeness (QED) is 0.452. The van der Waals surface area contributed by atoms with Crippen LogP contribution >= 0.6 is 0 Å². The minimum atomic E-state index is -0.525. The molecule has 1 rings (SSSR count). The van der Waals surface area contributed by atoms with Gasteiger partial charge in [-0.1, -0.05) is 12.1 Å². The fourth-order valence-corrected chi connectivity index (χ4v) is 1.48. The van der Waals surface area contributed by atoms with Crippen LogP contribution in [0.2, 0.25) is 0 Å². The first-order valence-corrected chi connectivity index (χ1v) is 5.24. The van der Waals surface area contributed by atoms with Gasteiger partial charge in [0.2, 0.25) is 0 Å². The lowest BCUT2D eigenvalue weighted by Crippen LogP contribution is -2.30. The van der Waals surface area contributed by atoms with Crippen LogP contribution in [0.1, 0.15) is 15.9 Å². The molecule has 0 atom stereocenters. The van der Waals surface area contributed by atoms with E-state index in [1.54, 1.807) is 26.1 Å². The molecule has 0 spiro atoms. The van der Waals surface area contributed by atoms with E-state index in [2.05, 4.69) is 10.6 Å². The molecule has 0 saturated carbocycles. The third-order valence-corrected chi connectivity index (χ3v) is 2.33. The number of nitrogens with one attached hydrogen (secondary N) is 2. The number of carbonyl (C=O) groups is 1. The number of benzene rings is 1. The smallest absolute Gasteiger partial charge is 0.285 e. The van der Waals surface area contributed by atoms with Gasteiger partial charge >= 0.3 is 0 Å². The van der Waals surface area contributed by atoms with Gasteiger partial charge in [-0.2, -0.15) is 0 Å². The van der Waals surface area contributed by atoms with Crippen molar-refractivity contribution in [3.8, 4) is 0 Å². The second-order valence-corrected chi connectivity index (χ2v) is 3.59. The normalized spacial score (nSPS) is 10.0. The van der Waals surface area contributed by atoms with Crippen LogP contribution in [0.5, 0.6) is 0 Å². The molecule has 0 bridgehead atoms. The number of nitrogens with zero attached hydrogens (tertiary/aromatic N) is 1. The maximum Gasteiger partial charge on any atom is 0.285 e. The molecule has 0 aromatic heterocycles. The summed E-state index contributed by atoms with van der Waals surface area (Å²) in [4.78, 5) is 22.1. The van der Waals surface area contributed by atoms with E-state index in [9.17, 15) is 14.9 Å². The number of amides is 1. The van der Waals surface area contributed by atoms with Crippen molar-refractivity contribution < 1.29 is 9.72 Å². The number of nitro groups is 1. The monoisotopic (exact) mass is 237 g/mol. The molecule has 6 heteroatoms. The van der Waals surface area contributed by atoms with Crippen molar-refractivity contribution in [2.45, 2.75) is 6.92 Å². The maximum atomic E-state index is 11.8. The van der Waals surface area contributed by atoms with Crippen LogP contribution < -0.4 is 10.6 Å². The van der Waals surface area contributed by atoms with Crippen molar-refractivity contribution in [2.75, 3.05) is 20.1 Å². The molecule has 0 heterocycles. The Morgan fingerprint density at radius 1 is 1.41 bits per heavy atom. The van der Waals surface area contributed by atoms with Crippen LogP contribution in [0.3, 0.4) is 0 Å². The highest BCUT2D eigenvalue weighted by Crippen LogP contribution is 2.22. The molecule has 1 aromatic carbocycles. The summed E-state index contributed by atoms with van der Waals surface area (Å²) in [6.07, 6.45) is 0. The summed E-state index contributed by atoms with van der Waals surface area (Å²) < 4.78 is 0. The number of likely N-dealkylation sites (N-methyl/N-ethyl adjacent to an activating group) is 1. The molecule has 0 aliphatic heterocycles. The van der Waals surface area contributed by atoms with Gasteiger partial charge < -0.3 is 10.6 Å². The first-order chi connectivity index (χ1) is 8.07. The van der Waals surface area contributed by atoms with Gasteiger partial charge in [-0.25, -0.2) is 0 Å². The Morgan fingerprint density at radius 2 is 2.12 bits per heavy atom. The van der Waals surface area contributed by atoms with E-state index in [1.807, 2.05) is 0 Å². The molecule has 1 aromatic rings. The van der Waals surface area contributed by atoms with Gasteiger partial charge in [-0.3, -0.25) is 14.9 Å². The standard InChI is InChI=1S/C11H15N3O3/c1-8-4-3-5-9(10(8)14(16)17)11(15)13-7-6-12-2/h3-5,12H,6-7H2,1-2H3,(H,13,15). The zero-order chi connectivity index (χ0) is 12.8. The van der Waals surface area contributed by atoms with E-state index in [-0.39, 0.29) is 11.3 Å². The third kappa shape index (κ3) is 3.25. The van der Waals surface area contributed by atoms with Gasteiger partial charge in [-0.05, 0) is 20.0 Å². The fraction of sp³-hybridized carbons (Fsp3) is 0.364. The Bertz CT molecular complexity index is 432. The summed E-state index contributed by atoms with van der Waals surface area (Å²) in [6.45, 7) is 2.66. The number of nitro benzene ring substituents is 1. The number of hydrogen-bond acceptors (Lipinski definition) is 4. The molecule has 92 valence electrons. The number of rotatable bonds is 5. The topological polar surface area (TPSA) is 84.3 Å². The van der Waals surface area contributed by atoms with Gasteiger partial charge in [0.25, 0.3) is 11.6 Å². The van der Waals surface area contributed by atoms with Gasteiger partial charge in [-0.15, -0.1) is 0 Å². The summed E-state index contributed by atoms with van der Waals surface area (Å²) in [7, 11) is 1.77. The molecular formula is C11H15N3O3. The van der Waals surface area contributed by atoms with Crippen LogP contribution in [0.25, 0.3) is 0 Å². The summed E-state index contributed by atoms with van der Waals surface area (Å²) in [5, 5.41) is 16.4. The zero-order valence-corrected chi connectivity index (χ0v) is 9.82. The Kier molecular flexibility index (Phi) is 4.59. The molecule has 1 amide bonds. The van der Waals surface area contributed by atoms with Gasteiger partial charge in [0.15, 0.2) is 0 Å². The van der Waals surface area contributed by atoms with Crippen molar-refractivity contribution in [1.29, 1.82) is 0 Å². The predicted molar refractivity (Wildman–Crippen MR) is 64.1 cm³/mol. The number of hydrogen-bond donors (Lipinski definition) is 2. The highest BCUT2D eigenvalue weighted by atomic mass is 16.6. The average Bonchev–Trinajstić information content (AvgIpc) is 2.28. The van der Waals surface area contributed by atoms with Crippen molar-refractivity contribution in [3.63, 3.8) is 0 Å². The second kappa shape index (κ2) is 5.95. The summed E-state index contributed by atoms with van der Waals surface area (Å²) >= 11 is 0. The molecule has 0 radical (unpaired) electrons. The lowest BCUT2D eigenvalue weighted by molar-refractivity contribution is -0.385. The molecule has 0 saturated heterocycles. The van der Waals surface area contributed by atoms with E-state index in [0.29, 0.717) is 18.7 Å². The number of carbonyl (C=O) groups excluding carboxylic acids is 1. The minimum absolute atomic E-state index is 0.103. The first kappa shape index (κ1) is 13.1. The van der Waals surface area contributed by atoms with Crippen LogP contribution in [0, 0.1) is 17.0 Å². The van der Waals surface area contributed by atoms with E-state index in [1.165, 1.54) is 6.07 Å². The van der Waals surface area contributed by atoms with E-state index in [0.717, 1.165) is 0 Å². The minimum Gasteiger partial charge on any atom is -0.351 e. The molecular weight excluding hydrogens is 222 g/mol. The molecule has 0 unspecified atom stereocenters. The van der Waals surface area contributed by atoms with Crippen molar-refractivity contribution in [3.05, 3.63) is 39.4 Å². The summed E-state index contributed by atoms with van der Waals surface area (Å²) in [6, 6.07) is 4.71. The zero-order valence-electron chi connectivity index (χ0n) is 9.82. The Labute approximate surface area is 99.2 Å². The maximum absolute atomic E-state index is 11.8. The highest BCUT2D eigenvalue weighted by Gasteiger charge is 2.21. The third-order valence-electron chi connectivity index (χ3n) is 2.33. The van der Waals surface area contributed by atoms with E-state index in [4.69, 9.17) is 0 Å². The number of para-hydroxylation sites is 1. The average molecular weight is 237 g/mol. The highest BCUT2D eigenvalue weighted by molar-refractivity contribution is 5.98. The molecule has 0 aliphatic carbocycles. The van der Waals surface area contributed by atoms with Crippen molar-refractivity contribution in [1.82, 2.24) is 10.6 Å². The number of aryl methyl sites for hydroxylation is 1. The van der Waals surface area contributed by atoms with E-state index >= 15 is 0 Å². The Hall–Kier alpha value is -1.95. The SMILES string of the molecule is CNCCNC(=O)c1cccc(C)c1[N+](=O)[O-]. The second-order valence-electron chi connectivity index (χ2n) is 3.59. The molecule has 17 heavy (non-hydrogen) atoms.